The molecular formula is C19H25ClN4O. The standard InChI is InChI=1S/C19H24N4O.ClH/c1-12-18(13(2)23(21-12)15-6-4-3-5-7-15)19(24)22-10-14-8-9-17(20)16(14)11-22;/h3-7,14,16-17H,8-11,20H2,1-2H3;1H. The molecule has 0 bridgehead atoms. The third kappa shape index (κ3) is 2.96. The van der Waals surface area contributed by atoms with E-state index in [-0.39, 0.29) is 24.4 Å². The number of hydrogen-bond acceptors (Lipinski definition) is 3. The van der Waals surface area contributed by atoms with E-state index in [1.165, 1.54) is 0 Å². The minimum absolute atomic E-state index is 0. The van der Waals surface area contributed by atoms with Gasteiger partial charge in [0.2, 0.25) is 0 Å². The Bertz CT molecular complexity index is 773. The van der Waals surface area contributed by atoms with Gasteiger partial charge in [-0.05, 0) is 50.7 Å². The van der Waals surface area contributed by atoms with Crippen molar-refractivity contribution >= 4 is 18.3 Å². The molecule has 5 nitrogen and oxygen atoms in total. The van der Waals surface area contributed by atoms with Crippen LogP contribution in [0.15, 0.2) is 30.3 Å². The number of para-hydroxylation sites is 1. The lowest BCUT2D eigenvalue weighted by atomic mass is 9.98. The van der Waals surface area contributed by atoms with Crippen LogP contribution >= 0.6 is 12.4 Å². The number of likely N-dealkylation sites (tertiary alicyclic amines) is 1. The van der Waals surface area contributed by atoms with E-state index >= 15 is 0 Å². The number of carbonyl (C=O) groups is 1. The normalized spacial score (nSPS) is 24.9. The Morgan fingerprint density at radius 2 is 1.88 bits per heavy atom. The largest absolute Gasteiger partial charge is 0.338 e. The van der Waals surface area contributed by atoms with Crippen molar-refractivity contribution < 1.29 is 4.79 Å². The third-order valence-electron chi connectivity index (χ3n) is 5.71. The van der Waals surface area contributed by atoms with Gasteiger partial charge in [-0.2, -0.15) is 5.10 Å². The van der Waals surface area contributed by atoms with Gasteiger partial charge in [-0.15, -0.1) is 12.4 Å². The van der Waals surface area contributed by atoms with Gasteiger partial charge in [0.15, 0.2) is 0 Å². The molecule has 1 aliphatic carbocycles. The molecule has 134 valence electrons. The lowest BCUT2D eigenvalue weighted by Crippen LogP contribution is -2.34. The number of rotatable bonds is 2. The summed E-state index contributed by atoms with van der Waals surface area (Å²) >= 11 is 0. The van der Waals surface area contributed by atoms with E-state index < -0.39 is 0 Å². The zero-order valence-corrected chi connectivity index (χ0v) is 15.5. The minimum atomic E-state index is 0. The molecule has 0 radical (unpaired) electrons. The Morgan fingerprint density at radius 1 is 1.16 bits per heavy atom. The van der Waals surface area contributed by atoms with Crippen LogP contribution in [0.2, 0.25) is 0 Å². The fourth-order valence-electron chi connectivity index (χ4n) is 4.40. The lowest BCUT2D eigenvalue weighted by molar-refractivity contribution is 0.0778. The summed E-state index contributed by atoms with van der Waals surface area (Å²) in [6, 6.07) is 10.2. The topological polar surface area (TPSA) is 64.2 Å². The van der Waals surface area contributed by atoms with Gasteiger partial charge >= 0.3 is 0 Å². The number of benzene rings is 1. The van der Waals surface area contributed by atoms with Crippen molar-refractivity contribution in [1.29, 1.82) is 0 Å². The van der Waals surface area contributed by atoms with Gasteiger partial charge in [0, 0.05) is 19.1 Å². The fourth-order valence-corrected chi connectivity index (χ4v) is 4.40. The highest BCUT2D eigenvalue weighted by Gasteiger charge is 2.43. The summed E-state index contributed by atoms with van der Waals surface area (Å²) in [7, 11) is 0. The number of aromatic nitrogens is 2. The molecule has 1 saturated heterocycles. The molecule has 1 aromatic carbocycles. The van der Waals surface area contributed by atoms with Crippen LogP contribution in [-0.2, 0) is 0 Å². The zero-order chi connectivity index (χ0) is 16.8. The molecule has 2 fully saturated rings. The summed E-state index contributed by atoms with van der Waals surface area (Å²) in [5.41, 5.74) is 9.63. The van der Waals surface area contributed by atoms with Crippen LogP contribution < -0.4 is 5.73 Å². The Balaban J connectivity index is 0.00000182. The van der Waals surface area contributed by atoms with Crippen LogP contribution in [0.25, 0.3) is 5.69 Å². The second kappa shape index (κ2) is 6.81. The molecule has 1 aliphatic heterocycles. The van der Waals surface area contributed by atoms with Crippen LogP contribution in [0.4, 0.5) is 0 Å². The van der Waals surface area contributed by atoms with E-state index in [2.05, 4.69) is 5.10 Å². The van der Waals surface area contributed by atoms with Gasteiger partial charge in [-0.3, -0.25) is 4.79 Å². The molecule has 4 rings (SSSR count). The lowest BCUT2D eigenvalue weighted by Gasteiger charge is -2.19. The van der Waals surface area contributed by atoms with Crippen molar-refractivity contribution in [2.75, 3.05) is 13.1 Å². The van der Waals surface area contributed by atoms with E-state index in [0.29, 0.717) is 11.8 Å². The number of amides is 1. The molecule has 6 heteroatoms. The molecule has 3 atom stereocenters. The van der Waals surface area contributed by atoms with E-state index in [1.54, 1.807) is 0 Å². The molecule has 25 heavy (non-hydrogen) atoms. The van der Waals surface area contributed by atoms with E-state index in [1.807, 2.05) is 53.8 Å². The molecular weight excluding hydrogens is 336 g/mol. The fraction of sp³-hybridized carbons (Fsp3) is 0.474. The van der Waals surface area contributed by atoms with Crippen LogP contribution in [0.1, 0.15) is 34.6 Å². The maximum Gasteiger partial charge on any atom is 0.257 e. The Hall–Kier alpha value is -1.85. The molecule has 1 saturated carbocycles. The predicted octanol–water partition coefficient (Wildman–Crippen LogP) is 2.72. The number of nitrogens with zero attached hydrogens (tertiary/aromatic N) is 3. The molecule has 2 aromatic rings. The van der Waals surface area contributed by atoms with Crippen molar-refractivity contribution in [2.24, 2.45) is 17.6 Å². The number of aryl methyl sites for hydroxylation is 1. The smallest absolute Gasteiger partial charge is 0.257 e. The van der Waals surface area contributed by atoms with Gasteiger partial charge in [0.1, 0.15) is 0 Å². The molecule has 3 unspecified atom stereocenters. The summed E-state index contributed by atoms with van der Waals surface area (Å²) < 4.78 is 1.87. The number of hydrogen-bond donors (Lipinski definition) is 1. The molecule has 2 heterocycles. The van der Waals surface area contributed by atoms with Gasteiger partial charge in [0.05, 0.1) is 22.6 Å². The van der Waals surface area contributed by atoms with E-state index in [0.717, 1.165) is 48.6 Å². The maximum atomic E-state index is 13.1. The maximum absolute atomic E-state index is 13.1. The van der Waals surface area contributed by atoms with E-state index in [9.17, 15) is 4.79 Å². The number of fused-ring (bicyclic) bond motifs is 1. The van der Waals surface area contributed by atoms with Crippen LogP contribution in [-0.4, -0.2) is 39.7 Å². The van der Waals surface area contributed by atoms with Crippen molar-refractivity contribution in [3.05, 3.63) is 47.3 Å². The van der Waals surface area contributed by atoms with Gasteiger partial charge in [-0.1, -0.05) is 18.2 Å². The van der Waals surface area contributed by atoms with E-state index in [4.69, 9.17) is 5.73 Å². The number of carbonyl (C=O) groups excluding carboxylic acids is 1. The Kier molecular flexibility index (Phi) is 4.89. The average Bonchev–Trinajstić information content (AvgIpc) is 3.23. The molecule has 1 aromatic heterocycles. The SMILES string of the molecule is Cc1nn(-c2ccccc2)c(C)c1C(=O)N1CC2CCC(N)C2C1.Cl. The molecule has 1 amide bonds. The third-order valence-corrected chi connectivity index (χ3v) is 5.71. The highest BCUT2D eigenvalue weighted by molar-refractivity contribution is 5.96. The predicted molar refractivity (Wildman–Crippen MR) is 100 cm³/mol. The first-order chi connectivity index (χ1) is 11.6. The highest BCUT2D eigenvalue weighted by Crippen LogP contribution is 2.38. The first kappa shape index (κ1) is 18.0. The second-order valence-electron chi connectivity index (χ2n) is 7.17. The molecule has 0 spiro atoms. The Labute approximate surface area is 154 Å². The number of halogens is 1. The minimum Gasteiger partial charge on any atom is -0.338 e. The van der Waals surface area contributed by atoms with Crippen molar-refractivity contribution in [1.82, 2.24) is 14.7 Å². The molecule has 2 aliphatic rings. The zero-order valence-electron chi connectivity index (χ0n) is 14.7. The van der Waals surface area contributed by atoms with Crippen molar-refractivity contribution in [3.63, 3.8) is 0 Å². The summed E-state index contributed by atoms with van der Waals surface area (Å²) in [6.07, 6.45) is 2.25. The number of nitrogens with two attached hydrogens (primary N) is 1. The summed E-state index contributed by atoms with van der Waals surface area (Å²) in [5, 5.41) is 4.60. The first-order valence-electron chi connectivity index (χ1n) is 8.72. The van der Waals surface area contributed by atoms with Crippen molar-refractivity contribution in [2.45, 2.75) is 32.7 Å². The Morgan fingerprint density at radius 3 is 2.56 bits per heavy atom. The van der Waals surface area contributed by atoms with Crippen LogP contribution in [0, 0.1) is 25.7 Å². The monoisotopic (exact) mass is 360 g/mol. The molecule has 2 N–H and O–H groups in total. The van der Waals surface area contributed by atoms with Crippen LogP contribution in [0.3, 0.4) is 0 Å². The first-order valence-corrected chi connectivity index (χ1v) is 8.72. The summed E-state index contributed by atoms with van der Waals surface area (Å²) in [6.45, 7) is 5.53. The quantitative estimate of drug-likeness (QED) is 0.895. The average molecular weight is 361 g/mol. The highest BCUT2D eigenvalue weighted by atomic mass is 35.5. The van der Waals surface area contributed by atoms with Gasteiger partial charge < -0.3 is 10.6 Å². The van der Waals surface area contributed by atoms with Gasteiger partial charge in [0.25, 0.3) is 5.91 Å². The van der Waals surface area contributed by atoms with Crippen molar-refractivity contribution in [3.8, 4) is 5.69 Å². The van der Waals surface area contributed by atoms with Crippen LogP contribution in [0.5, 0.6) is 0 Å². The second-order valence-corrected chi connectivity index (χ2v) is 7.17. The summed E-state index contributed by atoms with van der Waals surface area (Å²) in [4.78, 5) is 15.1. The van der Waals surface area contributed by atoms with Gasteiger partial charge in [-0.25, -0.2) is 4.68 Å². The summed E-state index contributed by atoms with van der Waals surface area (Å²) in [5.74, 6) is 1.15.